The van der Waals surface area contributed by atoms with Crippen LogP contribution in [0.1, 0.15) is 32.7 Å². The van der Waals surface area contributed by atoms with Gasteiger partial charge in [-0.15, -0.1) is 0 Å². The Kier molecular flexibility index (Phi) is 5.30. The van der Waals surface area contributed by atoms with Gasteiger partial charge in [-0.3, -0.25) is 24.1 Å². The number of anilines is 1. The summed E-state index contributed by atoms with van der Waals surface area (Å²) in [5.41, 5.74) is 2.32. The van der Waals surface area contributed by atoms with Crippen LogP contribution >= 0.6 is 0 Å². The van der Waals surface area contributed by atoms with Crippen LogP contribution in [0.25, 0.3) is 0 Å². The van der Waals surface area contributed by atoms with Crippen molar-refractivity contribution in [3.63, 3.8) is 0 Å². The summed E-state index contributed by atoms with van der Waals surface area (Å²) >= 11 is 0. The second-order valence-corrected chi connectivity index (χ2v) is 6.13. The lowest BCUT2D eigenvalue weighted by molar-refractivity contribution is -0.147. The molecule has 1 heterocycles. The zero-order valence-corrected chi connectivity index (χ0v) is 14.7. The monoisotopic (exact) mass is 366 g/mol. The molecule has 0 bridgehead atoms. The second-order valence-electron chi connectivity index (χ2n) is 6.13. The number of aryl methyl sites for hydroxylation is 1. The van der Waals surface area contributed by atoms with E-state index < -0.39 is 30.3 Å². The zero-order chi connectivity index (χ0) is 19.4. The fourth-order valence-electron chi connectivity index (χ4n) is 2.70. The minimum absolute atomic E-state index is 0.0925. The summed E-state index contributed by atoms with van der Waals surface area (Å²) in [4.78, 5) is 49.1. The van der Waals surface area contributed by atoms with Crippen LogP contribution in [0.4, 0.5) is 5.69 Å². The first-order chi connectivity index (χ1) is 13.0. The van der Waals surface area contributed by atoms with Gasteiger partial charge in [0.25, 0.3) is 17.7 Å². The highest BCUT2D eigenvalue weighted by atomic mass is 16.5. The van der Waals surface area contributed by atoms with E-state index in [9.17, 15) is 19.2 Å². The first-order valence-corrected chi connectivity index (χ1v) is 8.43. The zero-order valence-electron chi connectivity index (χ0n) is 14.7. The summed E-state index contributed by atoms with van der Waals surface area (Å²) in [6, 6.07) is 13.7. The van der Waals surface area contributed by atoms with Crippen molar-refractivity contribution in [1.82, 2.24) is 4.90 Å². The van der Waals surface area contributed by atoms with Gasteiger partial charge in [0.1, 0.15) is 0 Å². The summed E-state index contributed by atoms with van der Waals surface area (Å²) < 4.78 is 4.91. The normalized spacial score (nSPS) is 12.7. The van der Waals surface area contributed by atoms with E-state index in [4.69, 9.17) is 4.74 Å². The lowest BCUT2D eigenvalue weighted by atomic mass is 10.1. The molecule has 138 valence electrons. The Morgan fingerprint density at radius 3 is 2.15 bits per heavy atom. The number of rotatable bonds is 6. The van der Waals surface area contributed by atoms with Gasteiger partial charge in [-0.1, -0.05) is 29.8 Å². The number of benzene rings is 2. The Hall–Kier alpha value is -3.48. The fourth-order valence-corrected chi connectivity index (χ4v) is 2.70. The fraction of sp³-hybridized carbons (Fsp3) is 0.200. The summed E-state index contributed by atoms with van der Waals surface area (Å²) in [7, 11) is 0. The second kappa shape index (κ2) is 7.82. The van der Waals surface area contributed by atoms with Crippen molar-refractivity contribution in [3.8, 4) is 0 Å². The van der Waals surface area contributed by atoms with Crippen molar-refractivity contribution >= 4 is 29.4 Å². The van der Waals surface area contributed by atoms with Crippen molar-refractivity contribution < 1.29 is 23.9 Å². The van der Waals surface area contributed by atoms with E-state index in [0.29, 0.717) is 16.8 Å². The average Bonchev–Trinajstić information content (AvgIpc) is 2.91. The molecule has 2 aromatic rings. The van der Waals surface area contributed by atoms with Crippen LogP contribution in [-0.2, 0) is 14.3 Å². The molecule has 0 radical (unpaired) electrons. The van der Waals surface area contributed by atoms with E-state index in [1.807, 2.05) is 19.1 Å². The number of amides is 3. The molecule has 0 aromatic heterocycles. The third kappa shape index (κ3) is 4.20. The lowest BCUT2D eigenvalue weighted by Crippen LogP contribution is -2.32. The molecular formula is C20H18N2O5. The minimum atomic E-state index is -0.661. The molecule has 3 amide bonds. The highest BCUT2D eigenvalue weighted by Crippen LogP contribution is 2.22. The third-order valence-electron chi connectivity index (χ3n) is 4.12. The number of imide groups is 1. The van der Waals surface area contributed by atoms with Gasteiger partial charge >= 0.3 is 5.97 Å². The molecule has 1 aliphatic heterocycles. The molecule has 1 N–H and O–H groups in total. The predicted molar refractivity (Wildman–Crippen MR) is 97.2 cm³/mol. The van der Waals surface area contributed by atoms with Crippen molar-refractivity contribution in [1.29, 1.82) is 0 Å². The first kappa shape index (κ1) is 18.3. The van der Waals surface area contributed by atoms with E-state index in [-0.39, 0.29) is 13.0 Å². The molecule has 1 aliphatic rings. The van der Waals surface area contributed by atoms with E-state index in [1.165, 1.54) is 0 Å². The highest BCUT2D eigenvalue weighted by molar-refractivity contribution is 6.21. The molecule has 3 rings (SSSR count). The van der Waals surface area contributed by atoms with Crippen LogP contribution in [-0.4, -0.2) is 41.7 Å². The van der Waals surface area contributed by atoms with Gasteiger partial charge < -0.3 is 10.1 Å². The maximum Gasteiger partial charge on any atom is 0.308 e. The lowest BCUT2D eigenvalue weighted by Gasteiger charge is -2.13. The number of carbonyl (C=O) groups excluding carboxylic acids is 4. The van der Waals surface area contributed by atoms with E-state index in [2.05, 4.69) is 5.32 Å². The van der Waals surface area contributed by atoms with Gasteiger partial charge in [0.15, 0.2) is 6.61 Å². The molecular weight excluding hydrogens is 348 g/mol. The SMILES string of the molecule is Cc1ccc(NC(=O)COC(=O)CCN2C(=O)c3ccccc3C2=O)cc1. The van der Waals surface area contributed by atoms with Crippen LogP contribution in [0, 0.1) is 6.92 Å². The summed E-state index contributed by atoms with van der Waals surface area (Å²) in [5, 5.41) is 2.61. The number of nitrogens with zero attached hydrogens (tertiary/aromatic N) is 1. The van der Waals surface area contributed by atoms with Crippen LogP contribution < -0.4 is 5.32 Å². The van der Waals surface area contributed by atoms with Gasteiger partial charge in [0, 0.05) is 12.2 Å². The molecule has 0 fully saturated rings. The van der Waals surface area contributed by atoms with E-state index in [1.54, 1.807) is 36.4 Å². The Bertz CT molecular complexity index is 870. The molecule has 2 aromatic carbocycles. The molecule has 7 nitrogen and oxygen atoms in total. The van der Waals surface area contributed by atoms with Crippen LogP contribution in [0.2, 0.25) is 0 Å². The van der Waals surface area contributed by atoms with Crippen molar-refractivity contribution in [2.24, 2.45) is 0 Å². The summed E-state index contributed by atoms with van der Waals surface area (Å²) in [5.74, 6) is -1.99. The van der Waals surface area contributed by atoms with Gasteiger partial charge in [-0.25, -0.2) is 0 Å². The molecule has 0 unspecified atom stereocenters. The summed E-state index contributed by atoms with van der Waals surface area (Å²) in [6.45, 7) is 1.40. The first-order valence-electron chi connectivity index (χ1n) is 8.43. The summed E-state index contributed by atoms with van der Waals surface area (Å²) in [6.07, 6.45) is -0.177. The molecule has 27 heavy (non-hydrogen) atoms. The van der Waals surface area contributed by atoms with E-state index >= 15 is 0 Å². The molecule has 0 saturated heterocycles. The number of nitrogens with one attached hydrogen (secondary N) is 1. The van der Waals surface area contributed by atoms with Crippen molar-refractivity contribution in [2.45, 2.75) is 13.3 Å². The maximum atomic E-state index is 12.2. The predicted octanol–water partition coefficient (Wildman–Crippen LogP) is 2.16. The smallest absolute Gasteiger partial charge is 0.308 e. The Morgan fingerprint density at radius 2 is 1.56 bits per heavy atom. The van der Waals surface area contributed by atoms with Crippen molar-refractivity contribution in [3.05, 3.63) is 65.2 Å². The van der Waals surface area contributed by atoms with Gasteiger partial charge in [0.05, 0.1) is 17.5 Å². The Balaban J connectivity index is 1.45. The molecule has 0 saturated carbocycles. The largest absolute Gasteiger partial charge is 0.456 e. The molecule has 0 aliphatic carbocycles. The van der Waals surface area contributed by atoms with Crippen LogP contribution in [0.3, 0.4) is 0 Å². The van der Waals surface area contributed by atoms with Crippen LogP contribution in [0.5, 0.6) is 0 Å². The number of carbonyl (C=O) groups is 4. The molecule has 7 heteroatoms. The number of hydrogen-bond donors (Lipinski definition) is 1. The van der Waals surface area contributed by atoms with Gasteiger partial charge in [-0.05, 0) is 31.2 Å². The highest BCUT2D eigenvalue weighted by Gasteiger charge is 2.35. The third-order valence-corrected chi connectivity index (χ3v) is 4.12. The molecule has 0 spiro atoms. The minimum Gasteiger partial charge on any atom is -0.456 e. The Morgan fingerprint density at radius 1 is 0.963 bits per heavy atom. The standard InChI is InChI=1S/C20H18N2O5/c1-13-6-8-14(9-7-13)21-17(23)12-27-18(24)10-11-22-19(25)15-4-2-3-5-16(15)20(22)26/h2-9H,10-12H2,1H3,(H,21,23). The van der Waals surface area contributed by atoms with Gasteiger partial charge in [0.2, 0.25) is 0 Å². The van der Waals surface area contributed by atoms with Crippen LogP contribution in [0.15, 0.2) is 48.5 Å². The number of ether oxygens (including phenoxy) is 1. The number of esters is 1. The number of hydrogen-bond acceptors (Lipinski definition) is 5. The van der Waals surface area contributed by atoms with Crippen molar-refractivity contribution in [2.75, 3.05) is 18.5 Å². The average molecular weight is 366 g/mol. The quantitative estimate of drug-likeness (QED) is 0.625. The Labute approximate surface area is 155 Å². The van der Waals surface area contributed by atoms with E-state index in [0.717, 1.165) is 10.5 Å². The topological polar surface area (TPSA) is 92.8 Å². The number of fused-ring (bicyclic) bond motifs is 1. The maximum absolute atomic E-state index is 12.2. The van der Waals surface area contributed by atoms with Gasteiger partial charge in [-0.2, -0.15) is 0 Å². The molecule has 0 atom stereocenters.